The van der Waals surface area contributed by atoms with Crippen molar-refractivity contribution in [2.45, 2.75) is 31.8 Å². The number of methoxy groups -OCH3 is 3. The van der Waals surface area contributed by atoms with E-state index in [9.17, 15) is 14.4 Å². The molecule has 0 aliphatic heterocycles. The Morgan fingerprint density at radius 1 is 0.895 bits per heavy atom. The van der Waals surface area contributed by atoms with E-state index in [2.05, 4.69) is 14.2 Å². The Labute approximate surface area is 112 Å². The van der Waals surface area contributed by atoms with Crippen molar-refractivity contribution in [3.8, 4) is 0 Å². The van der Waals surface area contributed by atoms with Gasteiger partial charge in [-0.15, -0.1) is 0 Å². The van der Waals surface area contributed by atoms with Crippen molar-refractivity contribution in [1.29, 1.82) is 0 Å². The first-order valence-corrected chi connectivity index (χ1v) is 5.81. The van der Waals surface area contributed by atoms with Crippen LogP contribution >= 0.6 is 0 Å². The highest BCUT2D eigenvalue weighted by atomic mass is 16.6. The standard InChI is InChI=1S/C12H20O7/c1-5-6-19-12(11(15)18-4,7-9(13)16-2)8-10(14)17-3/h5-8H2,1-4H3. The van der Waals surface area contributed by atoms with Crippen LogP contribution < -0.4 is 0 Å². The van der Waals surface area contributed by atoms with Gasteiger partial charge in [0.1, 0.15) is 0 Å². The van der Waals surface area contributed by atoms with E-state index >= 15 is 0 Å². The molecule has 0 rings (SSSR count). The summed E-state index contributed by atoms with van der Waals surface area (Å²) >= 11 is 0. The summed E-state index contributed by atoms with van der Waals surface area (Å²) < 4.78 is 19.1. The number of carbonyl (C=O) groups excluding carboxylic acids is 3. The second-order valence-electron chi connectivity index (χ2n) is 3.84. The quantitative estimate of drug-likeness (QED) is 0.469. The average Bonchev–Trinajstić information content (AvgIpc) is 2.43. The molecule has 0 spiro atoms. The molecule has 110 valence electrons. The van der Waals surface area contributed by atoms with E-state index < -0.39 is 36.4 Å². The fourth-order valence-electron chi connectivity index (χ4n) is 1.46. The van der Waals surface area contributed by atoms with Crippen LogP contribution in [0.3, 0.4) is 0 Å². The van der Waals surface area contributed by atoms with Crippen molar-refractivity contribution in [3.05, 3.63) is 0 Å². The predicted molar refractivity (Wildman–Crippen MR) is 64.3 cm³/mol. The van der Waals surface area contributed by atoms with Crippen molar-refractivity contribution in [3.63, 3.8) is 0 Å². The first kappa shape index (κ1) is 17.4. The molecule has 0 saturated carbocycles. The van der Waals surface area contributed by atoms with Gasteiger partial charge in [0.25, 0.3) is 0 Å². The van der Waals surface area contributed by atoms with Crippen LogP contribution in [0.25, 0.3) is 0 Å². The van der Waals surface area contributed by atoms with Gasteiger partial charge in [0.15, 0.2) is 5.60 Å². The highest BCUT2D eigenvalue weighted by Gasteiger charge is 2.45. The zero-order valence-electron chi connectivity index (χ0n) is 11.7. The highest BCUT2D eigenvalue weighted by molar-refractivity contribution is 5.90. The van der Waals surface area contributed by atoms with Gasteiger partial charge in [-0.2, -0.15) is 0 Å². The Morgan fingerprint density at radius 2 is 1.37 bits per heavy atom. The molecule has 0 fully saturated rings. The summed E-state index contributed by atoms with van der Waals surface area (Å²) in [7, 11) is 3.52. The number of esters is 3. The van der Waals surface area contributed by atoms with Gasteiger partial charge in [-0.25, -0.2) is 4.79 Å². The predicted octanol–water partition coefficient (Wildman–Crippen LogP) is 0.451. The third-order valence-electron chi connectivity index (χ3n) is 2.46. The number of hydrogen-bond acceptors (Lipinski definition) is 7. The number of carbonyl (C=O) groups is 3. The van der Waals surface area contributed by atoms with Gasteiger partial charge in [0, 0.05) is 6.61 Å². The van der Waals surface area contributed by atoms with Crippen LogP contribution in [0, 0.1) is 0 Å². The lowest BCUT2D eigenvalue weighted by Crippen LogP contribution is -2.47. The van der Waals surface area contributed by atoms with Crippen LogP contribution in [0.15, 0.2) is 0 Å². The maximum atomic E-state index is 11.9. The molecule has 0 amide bonds. The topological polar surface area (TPSA) is 88.1 Å². The van der Waals surface area contributed by atoms with Crippen LogP contribution in [0.5, 0.6) is 0 Å². The maximum Gasteiger partial charge on any atom is 0.339 e. The number of ether oxygens (including phenoxy) is 4. The monoisotopic (exact) mass is 276 g/mol. The third kappa shape index (κ3) is 5.25. The maximum absolute atomic E-state index is 11.9. The second-order valence-corrected chi connectivity index (χ2v) is 3.84. The molecule has 0 saturated heterocycles. The Kier molecular flexibility index (Phi) is 7.74. The fourth-order valence-corrected chi connectivity index (χ4v) is 1.46. The number of hydrogen-bond donors (Lipinski definition) is 0. The Hall–Kier alpha value is -1.63. The molecule has 0 aromatic rings. The Bertz CT molecular complexity index is 306. The minimum atomic E-state index is -1.70. The molecule has 0 bridgehead atoms. The first-order valence-electron chi connectivity index (χ1n) is 5.81. The highest BCUT2D eigenvalue weighted by Crippen LogP contribution is 2.24. The average molecular weight is 276 g/mol. The van der Waals surface area contributed by atoms with E-state index in [1.807, 2.05) is 6.92 Å². The molecule has 0 aliphatic carbocycles. The largest absolute Gasteiger partial charge is 0.469 e. The normalized spacial score (nSPS) is 10.7. The lowest BCUT2D eigenvalue weighted by molar-refractivity contribution is -0.182. The van der Waals surface area contributed by atoms with Gasteiger partial charge in [-0.1, -0.05) is 6.92 Å². The SMILES string of the molecule is CCCOC(CC(=O)OC)(CC(=O)OC)C(=O)OC. The molecule has 0 aliphatic rings. The van der Waals surface area contributed by atoms with E-state index in [0.29, 0.717) is 6.42 Å². The van der Waals surface area contributed by atoms with Crippen molar-refractivity contribution in [2.75, 3.05) is 27.9 Å². The van der Waals surface area contributed by atoms with Crippen molar-refractivity contribution in [2.24, 2.45) is 0 Å². The molecule has 0 unspecified atom stereocenters. The molecule has 0 atom stereocenters. The van der Waals surface area contributed by atoms with Gasteiger partial charge >= 0.3 is 17.9 Å². The molecule has 7 nitrogen and oxygen atoms in total. The fraction of sp³-hybridized carbons (Fsp3) is 0.750. The van der Waals surface area contributed by atoms with Crippen LogP contribution in [0.4, 0.5) is 0 Å². The van der Waals surface area contributed by atoms with Gasteiger partial charge in [-0.3, -0.25) is 9.59 Å². The summed E-state index contributed by atoms with van der Waals surface area (Å²) in [6.45, 7) is 2.03. The van der Waals surface area contributed by atoms with E-state index in [-0.39, 0.29) is 6.61 Å². The molecule has 0 radical (unpaired) electrons. The van der Waals surface area contributed by atoms with Crippen LogP contribution in [0.1, 0.15) is 26.2 Å². The van der Waals surface area contributed by atoms with Gasteiger partial charge in [0.2, 0.25) is 0 Å². The summed E-state index contributed by atoms with van der Waals surface area (Å²) in [5, 5.41) is 0. The zero-order chi connectivity index (χ0) is 14.9. The molecular weight excluding hydrogens is 256 g/mol. The van der Waals surface area contributed by atoms with E-state index in [1.54, 1.807) is 0 Å². The lowest BCUT2D eigenvalue weighted by Gasteiger charge is -2.28. The van der Waals surface area contributed by atoms with E-state index in [0.717, 1.165) is 7.11 Å². The van der Waals surface area contributed by atoms with Gasteiger partial charge in [-0.05, 0) is 6.42 Å². The lowest BCUT2D eigenvalue weighted by atomic mass is 9.95. The first-order chi connectivity index (χ1) is 8.95. The summed E-state index contributed by atoms with van der Waals surface area (Å²) in [6, 6.07) is 0. The van der Waals surface area contributed by atoms with Crippen LogP contribution in [0.2, 0.25) is 0 Å². The summed E-state index contributed by atoms with van der Waals surface area (Å²) in [4.78, 5) is 34.7. The van der Waals surface area contributed by atoms with Gasteiger partial charge in [0.05, 0.1) is 34.2 Å². The third-order valence-corrected chi connectivity index (χ3v) is 2.46. The molecule has 0 N–H and O–H groups in total. The molecule has 19 heavy (non-hydrogen) atoms. The Balaban J connectivity index is 5.23. The van der Waals surface area contributed by atoms with Crippen LogP contribution in [-0.2, 0) is 33.3 Å². The summed E-state index contributed by atoms with van der Waals surface area (Å²) in [5.74, 6) is -2.16. The Morgan fingerprint density at radius 3 is 1.68 bits per heavy atom. The van der Waals surface area contributed by atoms with Crippen molar-refractivity contribution >= 4 is 17.9 Å². The minimum Gasteiger partial charge on any atom is -0.469 e. The summed E-state index contributed by atoms with van der Waals surface area (Å²) in [5.41, 5.74) is -1.70. The second kappa shape index (κ2) is 8.47. The minimum absolute atomic E-state index is 0.198. The van der Waals surface area contributed by atoms with E-state index in [4.69, 9.17) is 4.74 Å². The molecule has 0 aromatic heterocycles. The van der Waals surface area contributed by atoms with Crippen molar-refractivity contribution in [1.82, 2.24) is 0 Å². The molecule has 0 aromatic carbocycles. The van der Waals surface area contributed by atoms with Gasteiger partial charge < -0.3 is 18.9 Å². The summed E-state index contributed by atoms with van der Waals surface area (Å²) in [6.07, 6.45) is -0.211. The smallest absolute Gasteiger partial charge is 0.339 e. The van der Waals surface area contributed by atoms with Crippen molar-refractivity contribution < 1.29 is 33.3 Å². The molecular formula is C12H20O7. The molecule has 7 heteroatoms. The zero-order valence-corrected chi connectivity index (χ0v) is 11.7. The van der Waals surface area contributed by atoms with E-state index in [1.165, 1.54) is 14.2 Å². The van der Waals surface area contributed by atoms with Crippen LogP contribution in [-0.4, -0.2) is 51.4 Å². The number of rotatable bonds is 8. The molecule has 0 heterocycles.